The number of hydrogen-bond acceptors (Lipinski definition) is 1. The molecule has 1 fully saturated rings. The highest BCUT2D eigenvalue weighted by molar-refractivity contribution is 5.78. The second-order valence-corrected chi connectivity index (χ2v) is 5.72. The largest absolute Gasteiger partial charge is 0.340 e. The van der Waals surface area contributed by atoms with Gasteiger partial charge in [0.15, 0.2) is 0 Å². The minimum atomic E-state index is 0.327. The van der Waals surface area contributed by atoms with Crippen LogP contribution in [0.2, 0.25) is 0 Å². The smallest absolute Gasteiger partial charge is 0.243 e. The third-order valence-electron chi connectivity index (χ3n) is 4.03. The van der Waals surface area contributed by atoms with Gasteiger partial charge >= 0.3 is 0 Å². The zero-order valence-corrected chi connectivity index (χ0v) is 12.4. The summed E-state index contributed by atoms with van der Waals surface area (Å²) in [5.74, 6) is 0.327. The summed E-state index contributed by atoms with van der Waals surface area (Å²) in [4.78, 5) is 13.8. The molecule has 1 saturated heterocycles. The number of nitrogens with zero attached hydrogens (tertiary/aromatic N) is 3. The van der Waals surface area contributed by atoms with Crippen LogP contribution in [0.4, 0.5) is 0 Å². The Balaban J connectivity index is 1.92. The maximum absolute atomic E-state index is 11.7. The van der Waals surface area contributed by atoms with E-state index in [1.807, 2.05) is 4.90 Å². The van der Waals surface area contributed by atoms with Crippen molar-refractivity contribution in [1.82, 2.24) is 9.47 Å². The number of carbonyl (C=O) groups excluding carboxylic acids is 1. The third kappa shape index (κ3) is 3.37. The third-order valence-corrected chi connectivity index (χ3v) is 4.03. The molecule has 2 unspecified atom stereocenters. The molecule has 1 aromatic rings. The Bertz CT molecular complexity index is 427. The van der Waals surface area contributed by atoms with Gasteiger partial charge in [-0.15, -0.1) is 0 Å². The Kier molecular flexibility index (Phi) is 4.61. The van der Waals surface area contributed by atoms with E-state index in [-0.39, 0.29) is 0 Å². The van der Waals surface area contributed by atoms with Crippen LogP contribution in [0, 0.1) is 0 Å². The summed E-state index contributed by atoms with van der Waals surface area (Å²) in [7, 11) is 0. The molecule has 2 rings (SSSR count). The molecule has 2 heterocycles. The zero-order chi connectivity index (χ0) is 13.8. The number of hydrogen-bond donors (Lipinski definition) is 0. The van der Waals surface area contributed by atoms with Crippen LogP contribution >= 0.6 is 0 Å². The highest BCUT2D eigenvalue weighted by Crippen LogP contribution is 2.20. The SMILES string of the molecule is CCC[n+]1ccn(C(C)CC(C)N2CCCC2=O)c1. The number of aryl methyl sites for hydroxylation is 1. The average Bonchev–Trinajstić information content (AvgIpc) is 2.98. The Morgan fingerprint density at radius 2 is 2.16 bits per heavy atom. The molecule has 1 aliphatic heterocycles. The fourth-order valence-corrected chi connectivity index (χ4v) is 2.94. The molecule has 1 aromatic heterocycles. The van der Waals surface area contributed by atoms with Crippen molar-refractivity contribution in [3.63, 3.8) is 0 Å². The van der Waals surface area contributed by atoms with E-state index in [1.54, 1.807) is 0 Å². The standard InChI is InChI=1S/C15H26N3O/c1-4-7-16-9-10-17(12-16)13(2)11-14(3)18-8-5-6-15(18)19/h9-10,12-14H,4-8,11H2,1-3H3/q+1. The molecular formula is C15H26N3O+. The summed E-state index contributed by atoms with van der Waals surface area (Å²) in [6.45, 7) is 8.60. The van der Waals surface area contributed by atoms with Crippen molar-refractivity contribution < 1.29 is 9.36 Å². The Morgan fingerprint density at radius 3 is 2.79 bits per heavy atom. The molecule has 1 aliphatic rings. The normalized spacial score (nSPS) is 18.9. The van der Waals surface area contributed by atoms with Crippen molar-refractivity contribution in [3.8, 4) is 0 Å². The van der Waals surface area contributed by atoms with E-state index in [9.17, 15) is 4.79 Å². The molecule has 0 N–H and O–H groups in total. The fourth-order valence-electron chi connectivity index (χ4n) is 2.94. The molecule has 0 radical (unpaired) electrons. The van der Waals surface area contributed by atoms with Gasteiger partial charge in [0.05, 0.1) is 12.6 Å². The Labute approximate surface area is 116 Å². The van der Waals surface area contributed by atoms with Crippen molar-refractivity contribution in [2.24, 2.45) is 0 Å². The van der Waals surface area contributed by atoms with Gasteiger partial charge in [0.1, 0.15) is 12.4 Å². The zero-order valence-electron chi connectivity index (χ0n) is 12.4. The maximum Gasteiger partial charge on any atom is 0.243 e. The van der Waals surface area contributed by atoms with Gasteiger partial charge in [-0.3, -0.25) is 4.79 Å². The van der Waals surface area contributed by atoms with Gasteiger partial charge in [-0.2, -0.15) is 0 Å². The molecule has 0 aromatic carbocycles. The molecule has 19 heavy (non-hydrogen) atoms. The first-order chi connectivity index (χ1) is 9.11. The Hall–Kier alpha value is -1.32. The predicted octanol–water partition coefficient (Wildman–Crippen LogP) is 2.15. The number of likely N-dealkylation sites (tertiary alicyclic amines) is 1. The van der Waals surface area contributed by atoms with Crippen LogP contribution in [-0.4, -0.2) is 28.0 Å². The summed E-state index contributed by atoms with van der Waals surface area (Å²) in [6.07, 6.45) is 10.4. The van der Waals surface area contributed by atoms with Gasteiger partial charge in [0.25, 0.3) is 0 Å². The predicted molar refractivity (Wildman–Crippen MR) is 74.7 cm³/mol. The first kappa shape index (κ1) is 14.1. The summed E-state index contributed by atoms with van der Waals surface area (Å²) in [5.41, 5.74) is 0. The number of imidazole rings is 1. The molecule has 0 saturated carbocycles. The molecule has 2 atom stereocenters. The van der Waals surface area contributed by atoms with Gasteiger partial charge < -0.3 is 4.90 Å². The average molecular weight is 264 g/mol. The maximum atomic E-state index is 11.7. The van der Waals surface area contributed by atoms with Crippen molar-refractivity contribution in [3.05, 3.63) is 18.7 Å². The fraction of sp³-hybridized carbons (Fsp3) is 0.733. The van der Waals surface area contributed by atoms with Crippen LogP contribution in [-0.2, 0) is 11.3 Å². The van der Waals surface area contributed by atoms with Gasteiger partial charge in [-0.05, 0) is 26.7 Å². The lowest BCUT2D eigenvalue weighted by atomic mass is 10.1. The first-order valence-corrected chi connectivity index (χ1v) is 7.47. The molecule has 0 aliphatic carbocycles. The van der Waals surface area contributed by atoms with Crippen LogP contribution in [0.25, 0.3) is 0 Å². The van der Waals surface area contributed by atoms with E-state index in [4.69, 9.17) is 0 Å². The van der Waals surface area contributed by atoms with Crippen LogP contribution in [0.3, 0.4) is 0 Å². The van der Waals surface area contributed by atoms with Crippen molar-refractivity contribution in [2.45, 2.75) is 65.1 Å². The number of amides is 1. The monoisotopic (exact) mass is 264 g/mol. The lowest BCUT2D eigenvalue weighted by Crippen LogP contribution is -2.35. The van der Waals surface area contributed by atoms with Crippen molar-refractivity contribution >= 4 is 5.91 Å². The van der Waals surface area contributed by atoms with Gasteiger partial charge in [-0.25, -0.2) is 9.13 Å². The quantitative estimate of drug-likeness (QED) is 0.724. The highest BCUT2D eigenvalue weighted by Gasteiger charge is 2.27. The van der Waals surface area contributed by atoms with E-state index < -0.39 is 0 Å². The van der Waals surface area contributed by atoms with Crippen molar-refractivity contribution in [2.75, 3.05) is 6.54 Å². The van der Waals surface area contributed by atoms with E-state index >= 15 is 0 Å². The summed E-state index contributed by atoms with van der Waals surface area (Å²) < 4.78 is 4.48. The molecular weight excluding hydrogens is 238 g/mol. The molecule has 0 bridgehead atoms. The van der Waals surface area contributed by atoms with E-state index in [1.165, 1.54) is 0 Å². The van der Waals surface area contributed by atoms with Gasteiger partial charge in [0, 0.05) is 25.4 Å². The molecule has 0 spiro atoms. The Morgan fingerprint density at radius 1 is 1.37 bits per heavy atom. The second-order valence-electron chi connectivity index (χ2n) is 5.72. The highest BCUT2D eigenvalue weighted by atomic mass is 16.2. The lowest BCUT2D eigenvalue weighted by Gasteiger charge is -2.25. The first-order valence-electron chi connectivity index (χ1n) is 7.47. The minimum absolute atomic E-state index is 0.327. The number of carbonyl (C=O) groups is 1. The second kappa shape index (κ2) is 6.22. The van der Waals surface area contributed by atoms with Crippen LogP contribution in [0.1, 0.15) is 52.5 Å². The van der Waals surface area contributed by atoms with Crippen LogP contribution in [0.15, 0.2) is 18.7 Å². The minimum Gasteiger partial charge on any atom is -0.340 e. The van der Waals surface area contributed by atoms with Crippen LogP contribution < -0.4 is 4.57 Å². The van der Waals surface area contributed by atoms with E-state index in [2.05, 4.69) is 48.6 Å². The van der Waals surface area contributed by atoms with Crippen LogP contribution in [0.5, 0.6) is 0 Å². The summed E-state index contributed by atoms with van der Waals surface area (Å²) >= 11 is 0. The molecule has 4 nitrogen and oxygen atoms in total. The van der Waals surface area contributed by atoms with E-state index in [0.717, 1.165) is 38.8 Å². The van der Waals surface area contributed by atoms with Gasteiger partial charge in [0.2, 0.25) is 12.2 Å². The molecule has 4 heteroatoms. The molecule has 1 amide bonds. The number of aromatic nitrogens is 2. The number of rotatable bonds is 6. The van der Waals surface area contributed by atoms with Gasteiger partial charge in [-0.1, -0.05) is 6.92 Å². The topological polar surface area (TPSA) is 29.1 Å². The van der Waals surface area contributed by atoms with E-state index in [0.29, 0.717) is 18.0 Å². The summed E-state index contributed by atoms with van der Waals surface area (Å²) in [6, 6.07) is 0.772. The van der Waals surface area contributed by atoms with Crippen molar-refractivity contribution in [1.29, 1.82) is 0 Å². The lowest BCUT2D eigenvalue weighted by molar-refractivity contribution is -0.696. The molecule has 106 valence electrons. The summed E-state index contributed by atoms with van der Waals surface area (Å²) in [5, 5.41) is 0.